The number of piperazine rings is 1. The molecular weight excluding hydrogens is 343 g/mol. The largest absolute Gasteiger partial charge is 0.493 e. The number of halogens is 2. The van der Waals surface area contributed by atoms with Crippen LogP contribution in [0.25, 0.3) is 0 Å². The topological polar surface area (TPSA) is 32.8 Å². The Balaban J connectivity index is 1.45. The number of amides is 1. The Morgan fingerprint density at radius 3 is 2.48 bits per heavy atom. The van der Waals surface area contributed by atoms with Gasteiger partial charge in [0, 0.05) is 31.9 Å². The summed E-state index contributed by atoms with van der Waals surface area (Å²) in [5, 5.41) is 0.120. The second-order valence-electron chi connectivity index (χ2n) is 5.88. The summed E-state index contributed by atoms with van der Waals surface area (Å²) in [4.78, 5) is 16.2. The molecule has 0 bridgehead atoms. The number of nitrogens with zero attached hydrogens (tertiary/aromatic N) is 2. The molecule has 1 saturated heterocycles. The summed E-state index contributed by atoms with van der Waals surface area (Å²) in [5.41, 5.74) is 0.880. The van der Waals surface area contributed by atoms with Gasteiger partial charge in [0.15, 0.2) is 0 Å². The number of benzene rings is 2. The summed E-state index contributed by atoms with van der Waals surface area (Å²) in [6.45, 7) is 3.05. The van der Waals surface area contributed by atoms with Crippen LogP contribution in [0.15, 0.2) is 48.5 Å². The van der Waals surface area contributed by atoms with Crippen molar-refractivity contribution >= 4 is 23.2 Å². The van der Waals surface area contributed by atoms with Crippen molar-refractivity contribution in [3.05, 3.63) is 59.4 Å². The highest BCUT2D eigenvalue weighted by molar-refractivity contribution is 6.31. The fourth-order valence-corrected chi connectivity index (χ4v) is 3.00. The van der Waals surface area contributed by atoms with Crippen LogP contribution in [0.3, 0.4) is 0 Å². The average Bonchev–Trinajstić information content (AvgIpc) is 2.65. The molecule has 0 atom stereocenters. The third-order valence-electron chi connectivity index (χ3n) is 4.23. The quantitative estimate of drug-likeness (QED) is 0.814. The maximum atomic E-state index is 13.3. The van der Waals surface area contributed by atoms with Gasteiger partial charge in [0.2, 0.25) is 5.91 Å². The van der Waals surface area contributed by atoms with E-state index in [1.807, 2.05) is 35.2 Å². The summed E-state index contributed by atoms with van der Waals surface area (Å²) in [7, 11) is 0. The lowest BCUT2D eigenvalue weighted by Crippen LogP contribution is -2.49. The number of hydrogen-bond donors (Lipinski definition) is 0. The van der Waals surface area contributed by atoms with Gasteiger partial charge in [-0.1, -0.05) is 29.8 Å². The summed E-state index contributed by atoms with van der Waals surface area (Å²) >= 11 is 5.84. The fourth-order valence-electron chi connectivity index (χ4n) is 2.83. The van der Waals surface area contributed by atoms with Crippen LogP contribution in [0.2, 0.25) is 5.02 Å². The zero-order valence-electron chi connectivity index (χ0n) is 13.8. The van der Waals surface area contributed by atoms with Gasteiger partial charge in [0.1, 0.15) is 11.6 Å². The first-order valence-electron chi connectivity index (χ1n) is 8.29. The molecule has 0 radical (unpaired) electrons. The first-order valence-corrected chi connectivity index (χ1v) is 8.67. The van der Waals surface area contributed by atoms with Gasteiger partial charge in [-0.25, -0.2) is 4.39 Å². The zero-order chi connectivity index (χ0) is 17.6. The molecule has 6 heteroatoms. The minimum atomic E-state index is -0.419. The Hall–Kier alpha value is -2.27. The Labute approximate surface area is 151 Å². The highest BCUT2D eigenvalue weighted by Crippen LogP contribution is 2.23. The summed E-state index contributed by atoms with van der Waals surface area (Å²) in [6, 6.07) is 14.2. The summed E-state index contributed by atoms with van der Waals surface area (Å²) in [6.07, 6.45) is 0.358. The van der Waals surface area contributed by atoms with E-state index in [0.717, 1.165) is 11.4 Å². The van der Waals surface area contributed by atoms with Crippen LogP contribution in [-0.4, -0.2) is 43.6 Å². The molecule has 132 valence electrons. The summed E-state index contributed by atoms with van der Waals surface area (Å²) in [5.74, 6) is 0.443. The first-order chi connectivity index (χ1) is 12.1. The Morgan fingerprint density at radius 1 is 1.08 bits per heavy atom. The minimum Gasteiger partial charge on any atom is -0.493 e. The normalized spacial score (nSPS) is 14.5. The van der Waals surface area contributed by atoms with E-state index in [9.17, 15) is 9.18 Å². The van der Waals surface area contributed by atoms with Crippen molar-refractivity contribution in [1.29, 1.82) is 0 Å². The summed E-state index contributed by atoms with van der Waals surface area (Å²) < 4.78 is 18.8. The zero-order valence-corrected chi connectivity index (χ0v) is 14.6. The van der Waals surface area contributed by atoms with Crippen LogP contribution in [0.4, 0.5) is 10.1 Å². The third-order valence-corrected chi connectivity index (χ3v) is 4.52. The van der Waals surface area contributed by atoms with E-state index in [2.05, 4.69) is 4.90 Å². The molecule has 0 N–H and O–H groups in total. The van der Waals surface area contributed by atoms with Gasteiger partial charge in [0.25, 0.3) is 0 Å². The van der Waals surface area contributed by atoms with Crippen molar-refractivity contribution in [3.63, 3.8) is 0 Å². The third kappa shape index (κ3) is 4.63. The van der Waals surface area contributed by atoms with Crippen molar-refractivity contribution in [2.75, 3.05) is 37.7 Å². The number of carbonyl (C=O) groups excluding carboxylic acids is 1. The smallest absolute Gasteiger partial charge is 0.226 e. The maximum absolute atomic E-state index is 13.3. The van der Waals surface area contributed by atoms with E-state index in [0.29, 0.717) is 39.2 Å². The van der Waals surface area contributed by atoms with Crippen LogP contribution >= 0.6 is 11.6 Å². The molecule has 2 aromatic rings. The maximum Gasteiger partial charge on any atom is 0.226 e. The molecule has 0 saturated carbocycles. The van der Waals surface area contributed by atoms with Crippen LogP contribution in [0, 0.1) is 5.82 Å². The molecule has 1 aliphatic heterocycles. The van der Waals surface area contributed by atoms with Crippen LogP contribution in [-0.2, 0) is 4.79 Å². The molecule has 0 aromatic heterocycles. The second-order valence-corrected chi connectivity index (χ2v) is 6.28. The van der Waals surface area contributed by atoms with Crippen molar-refractivity contribution in [3.8, 4) is 5.75 Å². The van der Waals surface area contributed by atoms with Crippen LogP contribution in [0.1, 0.15) is 6.42 Å². The lowest BCUT2D eigenvalue weighted by Gasteiger charge is -2.36. The predicted molar refractivity (Wildman–Crippen MR) is 96.8 cm³/mol. The molecule has 1 aliphatic rings. The minimum absolute atomic E-state index is 0.0905. The number of ether oxygens (including phenoxy) is 1. The Morgan fingerprint density at radius 2 is 1.80 bits per heavy atom. The van der Waals surface area contributed by atoms with E-state index in [-0.39, 0.29) is 10.9 Å². The Bertz CT molecular complexity index is 719. The molecule has 1 fully saturated rings. The van der Waals surface area contributed by atoms with Gasteiger partial charge in [-0.15, -0.1) is 0 Å². The molecule has 4 nitrogen and oxygen atoms in total. The van der Waals surface area contributed by atoms with Crippen molar-refractivity contribution < 1.29 is 13.9 Å². The monoisotopic (exact) mass is 362 g/mol. The molecule has 0 unspecified atom stereocenters. The molecule has 1 heterocycles. The standard InChI is InChI=1S/C19H20ClFN2O2/c20-17-14-15(6-7-18(17)21)22-9-11-23(12-10-22)19(24)8-13-25-16-4-2-1-3-5-16/h1-7,14H,8-13H2. The molecule has 0 aliphatic carbocycles. The van der Waals surface area contributed by atoms with Crippen LogP contribution in [0.5, 0.6) is 5.75 Å². The number of para-hydroxylation sites is 1. The predicted octanol–water partition coefficient (Wildman–Crippen LogP) is 3.60. The van der Waals surface area contributed by atoms with E-state index in [4.69, 9.17) is 16.3 Å². The Kier molecular flexibility index (Phi) is 5.76. The van der Waals surface area contributed by atoms with Crippen molar-refractivity contribution in [2.45, 2.75) is 6.42 Å². The number of carbonyl (C=O) groups is 1. The van der Waals surface area contributed by atoms with Gasteiger partial charge in [-0.05, 0) is 30.3 Å². The van der Waals surface area contributed by atoms with Crippen LogP contribution < -0.4 is 9.64 Å². The van der Waals surface area contributed by atoms with E-state index >= 15 is 0 Å². The fraction of sp³-hybridized carbons (Fsp3) is 0.316. The average molecular weight is 363 g/mol. The highest BCUT2D eigenvalue weighted by atomic mass is 35.5. The van der Waals surface area contributed by atoms with Gasteiger partial charge in [-0.3, -0.25) is 4.79 Å². The molecule has 1 amide bonds. The highest BCUT2D eigenvalue weighted by Gasteiger charge is 2.21. The van der Waals surface area contributed by atoms with E-state index < -0.39 is 5.82 Å². The van der Waals surface area contributed by atoms with E-state index in [1.165, 1.54) is 6.07 Å². The first kappa shape index (κ1) is 17.5. The van der Waals surface area contributed by atoms with Gasteiger partial charge < -0.3 is 14.5 Å². The molecular formula is C19H20ClFN2O2. The number of anilines is 1. The second kappa shape index (κ2) is 8.21. The van der Waals surface area contributed by atoms with Gasteiger partial charge in [0.05, 0.1) is 18.1 Å². The molecule has 0 spiro atoms. The van der Waals surface area contributed by atoms with Crippen molar-refractivity contribution in [1.82, 2.24) is 4.90 Å². The number of rotatable bonds is 5. The van der Waals surface area contributed by atoms with E-state index in [1.54, 1.807) is 12.1 Å². The molecule has 3 rings (SSSR count). The lowest BCUT2D eigenvalue weighted by molar-refractivity contribution is -0.132. The number of hydrogen-bond acceptors (Lipinski definition) is 3. The van der Waals surface area contributed by atoms with Gasteiger partial charge >= 0.3 is 0 Å². The lowest BCUT2D eigenvalue weighted by atomic mass is 10.2. The van der Waals surface area contributed by atoms with Gasteiger partial charge in [-0.2, -0.15) is 0 Å². The SMILES string of the molecule is O=C(CCOc1ccccc1)N1CCN(c2ccc(F)c(Cl)c2)CC1. The molecule has 25 heavy (non-hydrogen) atoms. The van der Waals surface area contributed by atoms with Crippen molar-refractivity contribution in [2.24, 2.45) is 0 Å². The molecule has 2 aromatic carbocycles.